The van der Waals surface area contributed by atoms with Crippen LogP contribution in [0.5, 0.6) is 0 Å². The van der Waals surface area contributed by atoms with E-state index in [1.807, 2.05) is 17.4 Å². The number of hydrogen-bond acceptors (Lipinski definition) is 2. The summed E-state index contributed by atoms with van der Waals surface area (Å²) in [5.41, 5.74) is 4.75. The summed E-state index contributed by atoms with van der Waals surface area (Å²) >= 11 is 0. The van der Waals surface area contributed by atoms with Crippen LogP contribution < -0.4 is 5.32 Å². The van der Waals surface area contributed by atoms with Gasteiger partial charge < -0.3 is 5.32 Å². The molecule has 4 rings (SSSR count). The summed E-state index contributed by atoms with van der Waals surface area (Å²) in [6.45, 7) is 3.41. The average molecular weight is 375 g/mol. The molecule has 0 saturated heterocycles. The predicted octanol–water partition coefficient (Wildman–Crippen LogP) is 3.39. The van der Waals surface area contributed by atoms with Crippen molar-refractivity contribution in [1.82, 2.24) is 5.01 Å². The first-order chi connectivity index (χ1) is 13.8. The van der Waals surface area contributed by atoms with Crippen LogP contribution in [-0.2, 0) is 4.79 Å². The van der Waals surface area contributed by atoms with Gasteiger partial charge in [-0.25, -0.2) is 5.01 Å². The lowest BCUT2D eigenvalue weighted by molar-refractivity contribution is -0.641. The number of amides is 1. The number of rotatable bonds is 5. The van der Waals surface area contributed by atoms with Gasteiger partial charge in [0.05, 0.1) is 18.3 Å². The van der Waals surface area contributed by atoms with E-state index in [1.165, 1.54) is 16.7 Å². The molecule has 0 radical (unpaired) electrons. The van der Waals surface area contributed by atoms with Crippen LogP contribution >= 0.6 is 0 Å². The van der Waals surface area contributed by atoms with Gasteiger partial charge in [-0.1, -0.05) is 60.7 Å². The largest absolute Gasteiger partial charge is 0.339 e. The van der Waals surface area contributed by atoms with Gasteiger partial charge in [0.1, 0.15) is 0 Å². The molecule has 2 aromatic carbocycles. The van der Waals surface area contributed by atoms with Crippen LogP contribution in [0, 0.1) is 5.92 Å². The molecule has 0 spiro atoms. The zero-order valence-corrected chi connectivity index (χ0v) is 16.4. The molecule has 1 amide bonds. The molecule has 1 saturated carbocycles. The summed E-state index contributed by atoms with van der Waals surface area (Å²) in [4.78, 5) is 13.0. The zero-order chi connectivity index (χ0) is 19.3. The number of benzene rings is 2. The van der Waals surface area contributed by atoms with Gasteiger partial charge in [-0.05, 0) is 49.0 Å². The molecule has 1 fully saturated rings. The van der Waals surface area contributed by atoms with E-state index in [4.69, 9.17) is 5.10 Å². The molecule has 0 bridgehead atoms. The van der Waals surface area contributed by atoms with Crippen LogP contribution in [0.2, 0.25) is 0 Å². The molecule has 2 N–H and O–H groups in total. The highest BCUT2D eigenvalue weighted by atomic mass is 16.2. The molecule has 1 aliphatic carbocycles. The Kier molecular flexibility index (Phi) is 5.68. The smallest absolute Gasteiger partial charge is 0.298 e. The van der Waals surface area contributed by atoms with Gasteiger partial charge >= 0.3 is 0 Å². The number of quaternary nitrogens is 1. The lowest BCUT2D eigenvalue weighted by Crippen LogP contribution is -2.86. The molecule has 2 atom stereocenters. The molecule has 28 heavy (non-hydrogen) atoms. The first kappa shape index (κ1) is 18.6. The van der Waals surface area contributed by atoms with Crippen molar-refractivity contribution in [1.29, 1.82) is 0 Å². The quantitative estimate of drug-likeness (QED) is 0.857. The number of carbonyl (C=O) groups is 1. The Labute approximate surface area is 167 Å². The Morgan fingerprint density at radius 2 is 1.86 bits per heavy atom. The van der Waals surface area contributed by atoms with E-state index in [0.717, 1.165) is 31.5 Å². The van der Waals surface area contributed by atoms with Gasteiger partial charge in [0.15, 0.2) is 6.54 Å². The van der Waals surface area contributed by atoms with Crippen LogP contribution in [0.25, 0.3) is 6.08 Å². The first-order valence-electron chi connectivity index (χ1n) is 10.3. The van der Waals surface area contributed by atoms with Gasteiger partial charge in [-0.2, -0.15) is 5.10 Å². The van der Waals surface area contributed by atoms with Crippen LogP contribution in [0.4, 0.5) is 0 Å². The number of carbonyl (C=O) groups excluding carboxylic acids is 1. The molecule has 1 heterocycles. The van der Waals surface area contributed by atoms with Crippen LogP contribution in [0.15, 0.2) is 71.3 Å². The summed E-state index contributed by atoms with van der Waals surface area (Å²) in [5.74, 6) is 0.369. The van der Waals surface area contributed by atoms with Gasteiger partial charge in [-0.3, -0.25) is 4.79 Å². The molecule has 144 valence electrons. The van der Waals surface area contributed by atoms with E-state index in [1.54, 1.807) is 5.01 Å². The third-order valence-corrected chi connectivity index (χ3v) is 5.65. The monoisotopic (exact) mass is 374 g/mol. The van der Waals surface area contributed by atoms with Crippen molar-refractivity contribution in [2.45, 2.75) is 32.2 Å². The molecule has 2 aliphatic rings. The minimum Gasteiger partial charge on any atom is -0.339 e. The molecule has 4 nitrogen and oxygen atoms in total. The summed E-state index contributed by atoms with van der Waals surface area (Å²) in [7, 11) is 0. The molecule has 2 aromatic rings. The minimum absolute atomic E-state index is 0.00781. The fourth-order valence-corrected chi connectivity index (χ4v) is 4.30. The Hall–Kier alpha value is -2.72. The highest BCUT2D eigenvalue weighted by Gasteiger charge is 2.43. The number of hydrogen-bond donors (Lipinski definition) is 1. The second-order valence-corrected chi connectivity index (χ2v) is 7.56. The van der Waals surface area contributed by atoms with Crippen LogP contribution in [-0.4, -0.2) is 29.7 Å². The van der Waals surface area contributed by atoms with E-state index in [2.05, 4.69) is 61.5 Å². The molecule has 1 aliphatic heterocycles. The number of fused-ring (bicyclic) bond motifs is 1. The van der Waals surface area contributed by atoms with E-state index in [9.17, 15) is 4.79 Å². The topological polar surface area (TPSA) is 49.3 Å². The maximum atomic E-state index is 13.0. The number of nitrogens with zero attached hydrogens (tertiary/aromatic N) is 2. The van der Waals surface area contributed by atoms with E-state index >= 15 is 0 Å². The second kappa shape index (κ2) is 8.53. The van der Waals surface area contributed by atoms with Gasteiger partial charge in [0, 0.05) is 5.92 Å². The van der Waals surface area contributed by atoms with Crippen molar-refractivity contribution >= 4 is 17.7 Å². The molecule has 0 aromatic heterocycles. The van der Waals surface area contributed by atoms with Crippen molar-refractivity contribution in [2.24, 2.45) is 11.0 Å². The van der Waals surface area contributed by atoms with Crippen molar-refractivity contribution in [3.8, 4) is 0 Å². The second-order valence-electron chi connectivity index (χ2n) is 7.56. The van der Waals surface area contributed by atoms with Crippen molar-refractivity contribution in [3.05, 3.63) is 77.4 Å². The fourth-order valence-electron chi connectivity index (χ4n) is 4.30. The highest BCUT2D eigenvalue weighted by Crippen LogP contribution is 2.44. The summed E-state index contributed by atoms with van der Waals surface area (Å²) < 4.78 is 0. The Morgan fingerprint density at radius 1 is 1.14 bits per heavy atom. The van der Waals surface area contributed by atoms with E-state index in [-0.39, 0.29) is 17.9 Å². The van der Waals surface area contributed by atoms with Crippen LogP contribution in [0.1, 0.15) is 43.4 Å². The van der Waals surface area contributed by atoms with Gasteiger partial charge in [0.2, 0.25) is 0 Å². The van der Waals surface area contributed by atoms with Crippen LogP contribution in [0.3, 0.4) is 0 Å². The minimum atomic E-state index is 0.00781. The third-order valence-electron chi connectivity index (χ3n) is 5.65. The maximum absolute atomic E-state index is 13.0. The zero-order valence-electron chi connectivity index (χ0n) is 16.4. The maximum Gasteiger partial charge on any atom is 0.298 e. The molecule has 4 heteroatoms. The Bertz CT molecular complexity index is 873. The van der Waals surface area contributed by atoms with Gasteiger partial charge in [0.25, 0.3) is 5.91 Å². The molecular weight excluding hydrogens is 346 g/mol. The van der Waals surface area contributed by atoms with Crippen molar-refractivity contribution in [2.75, 3.05) is 13.1 Å². The lowest BCUT2D eigenvalue weighted by Gasteiger charge is -2.29. The summed E-state index contributed by atoms with van der Waals surface area (Å²) in [6, 6.07) is 20.8. The number of hydrazone groups is 1. The van der Waals surface area contributed by atoms with Gasteiger partial charge in [-0.15, -0.1) is 0 Å². The Morgan fingerprint density at radius 3 is 2.57 bits per heavy atom. The number of likely N-dealkylation sites (N-methyl/N-ethyl adjacent to an activating group) is 1. The van der Waals surface area contributed by atoms with Crippen molar-refractivity contribution in [3.63, 3.8) is 0 Å². The normalized spacial score (nSPS) is 22.8. The fraction of sp³-hybridized carbons (Fsp3) is 0.333. The lowest BCUT2D eigenvalue weighted by atomic mass is 9.77. The molecule has 0 unspecified atom stereocenters. The third kappa shape index (κ3) is 3.78. The summed E-state index contributed by atoms with van der Waals surface area (Å²) in [6.07, 6.45) is 5.48. The average Bonchev–Trinajstić information content (AvgIpc) is 3.14. The highest BCUT2D eigenvalue weighted by molar-refractivity contribution is 6.08. The number of nitrogens with two attached hydrogens (primary N) is 1. The summed E-state index contributed by atoms with van der Waals surface area (Å²) in [5, 5.41) is 8.71. The number of allylic oxidation sites excluding steroid dienone is 1. The standard InChI is InChI=1S/C24H27N3O/c1-2-25-17-22(28)27-24(19-12-7-4-8-13-19)21-15-9-14-20(23(21)26-27)16-18-10-5-3-6-11-18/h3-8,10-13,16,21,24-25H,2,9,14-15,17H2,1H3/p+1/b20-16+/t21-,24-/m1/s1. The molecular formula is C24H28N3O+. The Balaban J connectivity index is 1.71. The van der Waals surface area contributed by atoms with E-state index < -0.39 is 0 Å². The van der Waals surface area contributed by atoms with Crippen molar-refractivity contribution < 1.29 is 10.1 Å². The predicted molar refractivity (Wildman–Crippen MR) is 113 cm³/mol. The SMILES string of the molecule is CC[NH2+]CC(=O)N1N=C2/C(=C/c3ccccc3)CCC[C@H]2[C@H]1c1ccccc1. The van der Waals surface area contributed by atoms with E-state index in [0.29, 0.717) is 6.54 Å². The first-order valence-corrected chi connectivity index (χ1v) is 10.3.